The number of alkyl halides is 1. The predicted molar refractivity (Wildman–Crippen MR) is 86.7 cm³/mol. The van der Waals surface area contributed by atoms with Crippen LogP contribution in [0.3, 0.4) is 0 Å². The Balaban J connectivity index is 2.01. The van der Waals surface area contributed by atoms with Crippen molar-refractivity contribution in [3.8, 4) is 0 Å². The molecule has 0 N–H and O–H groups in total. The molecule has 2 heterocycles. The number of halogens is 1. The topological polar surface area (TPSA) is 25.4 Å². The van der Waals surface area contributed by atoms with Gasteiger partial charge in [-0.25, -0.2) is 4.98 Å². The van der Waals surface area contributed by atoms with Gasteiger partial charge in [-0.3, -0.25) is 0 Å². The summed E-state index contributed by atoms with van der Waals surface area (Å²) in [4.78, 5) is 6.96. The molecule has 4 heteroatoms. The molecule has 1 aliphatic heterocycles. The number of hydrogen-bond donors (Lipinski definition) is 0. The van der Waals surface area contributed by atoms with Gasteiger partial charge in [-0.1, -0.05) is 40.2 Å². The summed E-state index contributed by atoms with van der Waals surface area (Å²) in [7, 11) is 0. The number of rotatable bonds is 2. The summed E-state index contributed by atoms with van der Waals surface area (Å²) in [6.07, 6.45) is 2.09. The Hall–Kier alpha value is -1.13. The molecule has 1 atom stereocenters. The van der Waals surface area contributed by atoms with Crippen molar-refractivity contribution in [3.05, 3.63) is 36.5 Å². The van der Waals surface area contributed by atoms with Gasteiger partial charge in [0.1, 0.15) is 5.82 Å². The van der Waals surface area contributed by atoms with Crippen LogP contribution in [0.2, 0.25) is 0 Å². The molecule has 3 rings (SSSR count). The fraction of sp³-hybridized carbons (Fsp3) is 0.438. The second-order valence-corrected chi connectivity index (χ2v) is 6.54. The molecule has 20 heavy (non-hydrogen) atoms. The first-order valence-electron chi connectivity index (χ1n) is 6.91. The predicted octanol–water partition coefficient (Wildman–Crippen LogP) is 3.61. The van der Waals surface area contributed by atoms with Gasteiger partial charge >= 0.3 is 0 Å². The Morgan fingerprint density at radius 1 is 1.35 bits per heavy atom. The maximum atomic E-state index is 6.07. The number of hydrogen-bond acceptors (Lipinski definition) is 3. The first-order chi connectivity index (χ1) is 9.59. The van der Waals surface area contributed by atoms with Gasteiger partial charge < -0.3 is 9.64 Å². The summed E-state index contributed by atoms with van der Waals surface area (Å²) in [6.45, 7) is 6.01. The van der Waals surface area contributed by atoms with Gasteiger partial charge in [-0.2, -0.15) is 0 Å². The van der Waals surface area contributed by atoms with Crippen molar-refractivity contribution in [2.24, 2.45) is 0 Å². The maximum absolute atomic E-state index is 6.07. The first kappa shape index (κ1) is 13.8. The molecule has 2 aromatic rings. The number of morpholine rings is 1. The summed E-state index contributed by atoms with van der Waals surface area (Å²) >= 11 is 3.54. The molecular formula is C16H19BrN2O. The van der Waals surface area contributed by atoms with Gasteiger partial charge in [-0.15, -0.1) is 0 Å². The molecule has 0 amide bonds. The second kappa shape index (κ2) is 5.34. The van der Waals surface area contributed by atoms with Crippen molar-refractivity contribution >= 4 is 32.5 Å². The Morgan fingerprint density at radius 3 is 2.95 bits per heavy atom. The lowest BCUT2D eigenvalue weighted by atomic mass is 10.0. The van der Waals surface area contributed by atoms with Crippen molar-refractivity contribution < 1.29 is 4.74 Å². The van der Waals surface area contributed by atoms with Crippen LogP contribution in [-0.4, -0.2) is 35.1 Å². The molecule has 0 saturated carbocycles. The van der Waals surface area contributed by atoms with Gasteiger partial charge in [0.15, 0.2) is 0 Å². The van der Waals surface area contributed by atoms with Gasteiger partial charge in [0.2, 0.25) is 0 Å². The fourth-order valence-corrected chi connectivity index (χ4v) is 3.23. The number of benzene rings is 1. The fourth-order valence-electron chi connectivity index (χ4n) is 2.89. The van der Waals surface area contributed by atoms with Crippen molar-refractivity contribution in [1.29, 1.82) is 0 Å². The summed E-state index contributed by atoms with van der Waals surface area (Å²) < 4.78 is 6.07. The van der Waals surface area contributed by atoms with Crippen molar-refractivity contribution in [2.75, 3.05) is 23.3 Å². The average molecular weight is 335 g/mol. The zero-order valence-corrected chi connectivity index (χ0v) is 13.4. The molecule has 1 aromatic carbocycles. The second-order valence-electron chi connectivity index (χ2n) is 5.89. The Kier molecular flexibility index (Phi) is 3.69. The number of nitrogens with zero attached hydrogens (tertiary/aromatic N) is 2. The van der Waals surface area contributed by atoms with Crippen LogP contribution >= 0.6 is 15.9 Å². The minimum absolute atomic E-state index is 0.157. The van der Waals surface area contributed by atoms with E-state index in [1.54, 1.807) is 0 Å². The minimum atomic E-state index is -0.157. The van der Waals surface area contributed by atoms with Gasteiger partial charge in [-0.05, 0) is 25.3 Å². The molecule has 1 saturated heterocycles. The Labute approximate surface area is 128 Å². The number of aromatic nitrogens is 1. The highest BCUT2D eigenvalue weighted by Gasteiger charge is 2.33. The highest BCUT2D eigenvalue weighted by molar-refractivity contribution is 9.09. The molecule has 0 radical (unpaired) electrons. The summed E-state index contributed by atoms with van der Waals surface area (Å²) in [6, 6.07) is 10.5. The number of ether oxygens (including phenoxy) is 1. The SMILES string of the molecule is CC1(C)CN(c2nccc3ccccc23)CC(CBr)O1. The van der Waals surface area contributed by atoms with Gasteiger partial charge in [0.05, 0.1) is 11.7 Å². The zero-order chi connectivity index (χ0) is 14.2. The number of pyridine rings is 1. The van der Waals surface area contributed by atoms with Crippen LogP contribution < -0.4 is 4.90 Å². The molecule has 0 aliphatic carbocycles. The van der Waals surface area contributed by atoms with Crippen LogP contribution in [0, 0.1) is 0 Å². The Morgan fingerprint density at radius 2 is 2.15 bits per heavy atom. The van der Waals surface area contributed by atoms with E-state index in [4.69, 9.17) is 4.74 Å². The van der Waals surface area contributed by atoms with Crippen LogP contribution in [-0.2, 0) is 4.74 Å². The van der Waals surface area contributed by atoms with Crippen molar-refractivity contribution in [3.63, 3.8) is 0 Å². The Bertz CT molecular complexity index is 609. The molecule has 0 spiro atoms. The molecule has 1 fully saturated rings. The average Bonchev–Trinajstić information content (AvgIpc) is 2.45. The summed E-state index contributed by atoms with van der Waals surface area (Å²) in [5.41, 5.74) is -0.157. The lowest BCUT2D eigenvalue weighted by Crippen LogP contribution is -2.53. The summed E-state index contributed by atoms with van der Waals surface area (Å²) in [5.74, 6) is 1.06. The number of anilines is 1. The van der Waals surface area contributed by atoms with E-state index in [0.29, 0.717) is 0 Å². The maximum Gasteiger partial charge on any atom is 0.136 e. The third-order valence-electron chi connectivity index (χ3n) is 3.61. The molecule has 106 valence electrons. The highest BCUT2D eigenvalue weighted by atomic mass is 79.9. The van der Waals surface area contributed by atoms with Crippen LogP contribution in [0.15, 0.2) is 36.5 Å². The molecule has 3 nitrogen and oxygen atoms in total. The van der Waals surface area contributed by atoms with Gasteiger partial charge in [0, 0.05) is 30.0 Å². The van der Waals surface area contributed by atoms with E-state index in [1.807, 2.05) is 6.20 Å². The normalized spacial score (nSPS) is 22.1. The zero-order valence-electron chi connectivity index (χ0n) is 11.8. The van der Waals surface area contributed by atoms with Crippen molar-refractivity contribution in [2.45, 2.75) is 25.6 Å². The van der Waals surface area contributed by atoms with Crippen molar-refractivity contribution in [1.82, 2.24) is 4.98 Å². The van der Waals surface area contributed by atoms with E-state index >= 15 is 0 Å². The monoisotopic (exact) mass is 334 g/mol. The quantitative estimate of drug-likeness (QED) is 0.784. The minimum Gasteiger partial charge on any atom is -0.368 e. The summed E-state index contributed by atoms with van der Waals surface area (Å²) in [5, 5.41) is 3.29. The van der Waals surface area contributed by atoms with E-state index < -0.39 is 0 Å². The van der Waals surface area contributed by atoms with Gasteiger partial charge in [0.25, 0.3) is 0 Å². The lowest BCUT2D eigenvalue weighted by Gasteiger charge is -2.43. The molecular weight excluding hydrogens is 316 g/mol. The van der Waals surface area contributed by atoms with Crippen LogP contribution in [0.5, 0.6) is 0 Å². The third kappa shape index (κ3) is 2.67. The van der Waals surface area contributed by atoms with E-state index in [2.05, 4.69) is 70.0 Å². The van der Waals surface area contributed by atoms with E-state index in [1.165, 1.54) is 10.8 Å². The first-order valence-corrected chi connectivity index (χ1v) is 8.04. The molecule has 1 aliphatic rings. The van der Waals surface area contributed by atoms with Crippen LogP contribution in [0.25, 0.3) is 10.8 Å². The third-order valence-corrected chi connectivity index (χ3v) is 4.33. The molecule has 0 bridgehead atoms. The van der Waals surface area contributed by atoms with E-state index in [9.17, 15) is 0 Å². The number of fused-ring (bicyclic) bond motifs is 1. The van der Waals surface area contributed by atoms with E-state index in [-0.39, 0.29) is 11.7 Å². The standard InChI is InChI=1S/C16H19BrN2O/c1-16(2)11-19(10-13(9-17)20-16)15-14-6-4-3-5-12(14)7-8-18-15/h3-8,13H,9-11H2,1-2H3. The smallest absolute Gasteiger partial charge is 0.136 e. The molecule has 1 aromatic heterocycles. The lowest BCUT2D eigenvalue weighted by molar-refractivity contribution is -0.0725. The van der Waals surface area contributed by atoms with E-state index in [0.717, 1.165) is 24.2 Å². The van der Waals surface area contributed by atoms with Crippen LogP contribution in [0.1, 0.15) is 13.8 Å². The highest BCUT2D eigenvalue weighted by Crippen LogP contribution is 2.30. The van der Waals surface area contributed by atoms with Crippen LogP contribution in [0.4, 0.5) is 5.82 Å². The molecule has 1 unspecified atom stereocenters. The largest absolute Gasteiger partial charge is 0.368 e.